The Morgan fingerprint density at radius 2 is 2.13 bits per heavy atom. The smallest absolute Gasteiger partial charge is 0.229 e. The lowest BCUT2D eigenvalue weighted by molar-refractivity contribution is -0.120. The van der Waals surface area contributed by atoms with E-state index in [1.165, 1.54) is 0 Å². The van der Waals surface area contributed by atoms with Crippen molar-refractivity contribution in [2.45, 2.75) is 33.6 Å². The summed E-state index contributed by atoms with van der Waals surface area (Å²) in [6.07, 6.45) is 3.33. The number of rotatable bonds is 4. The maximum Gasteiger partial charge on any atom is 0.229 e. The number of aromatic nitrogens is 2. The lowest BCUT2D eigenvalue weighted by atomic mass is 10.0. The van der Waals surface area contributed by atoms with Crippen LogP contribution >= 0.6 is 0 Å². The third-order valence-electron chi connectivity index (χ3n) is 2.39. The average Bonchev–Trinajstić information content (AvgIpc) is 2.19. The van der Waals surface area contributed by atoms with Gasteiger partial charge in [-0.2, -0.15) is 0 Å². The molecule has 82 valence electrons. The first-order chi connectivity index (χ1) is 7.17. The van der Waals surface area contributed by atoms with E-state index in [0.717, 1.165) is 18.5 Å². The highest BCUT2D eigenvalue weighted by atomic mass is 16.2. The van der Waals surface area contributed by atoms with E-state index in [2.05, 4.69) is 15.3 Å². The van der Waals surface area contributed by atoms with Crippen LogP contribution in [0.5, 0.6) is 0 Å². The number of carbonyl (C=O) groups is 1. The molecule has 0 aliphatic heterocycles. The number of hydrogen-bond donors (Lipinski definition) is 1. The lowest BCUT2D eigenvalue weighted by Gasteiger charge is -2.11. The molecule has 4 nitrogen and oxygen atoms in total. The first kappa shape index (κ1) is 11.6. The van der Waals surface area contributed by atoms with Gasteiger partial charge in [0.25, 0.3) is 0 Å². The van der Waals surface area contributed by atoms with Gasteiger partial charge in [0.1, 0.15) is 0 Å². The van der Waals surface area contributed by atoms with Gasteiger partial charge in [0, 0.05) is 17.8 Å². The van der Waals surface area contributed by atoms with Crippen LogP contribution in [-0.4, -0.2) is 15.9 Å². The molecule has 0 saturated heterocycles. The van der Waals surface area contributed by atoms with Gasteiger partial charge >= 0.3 is 0 Å². The number of nitrogens with zero attached hydrogens (tertiary/aromatic N) is 2. The van der Waals surface area contributed by atoms with Crippen LogP contribution in [0, 0.1) is 12.8 Å². The van der Waals surface area contributed by atoms with Crippen LogP contribution in [0.3, 0.4) is 0 Å². The molecule has 1 aromatic heterocycles. The fourth-order valence-electron chi connectivity index (χ4n) is 1.38. The van der Waals surface area contributed by atoms with Crippen molar-refractivity contribution in [1.29, 1.82) is 0 Å². The van der Waals surface area contributed by atoms with E-state index in [4.69, 9.17) is 0 Å². The van der Waals surface area contributed by atoms with Gasteiger partial charge < -0.3 is 0 Å². The molecule has 0 radical (unpaired) electrons. The number of anilines is 1. The minimum atomic E-state index is 0.00519. The maximum absolute atomic E-state index is 11.7. The Kier molecular flexibility index (Phi) is 4.21. The topological polar surface area (TPSA) is 54.9 Å². The summed E-state index contributed by atoms with van der Waals surface area (Å²) in [5.41, 5.74) is 0.852. The second-order valence-electron chi connectivity index (χ2n) is 3.52. The summed E-state index contributed by atoms with van der Waals surface area (Å²) in [4.78, 5) is 19.8. The Labute approximate surface area is 90.1 Å². The van der Waals surface area contributed by atoms with Crippen LogP contribution < -0.4 is 5.32 Å². The third kappa shape index (κ3) is 3.31. The van der Waals surface area contributed by atoms with Crippen LogP contribution in [0.25, 0.3) is 0 Å². The maximum atomic E-state index is 11.7. The highest BCUT2D eigenvalue weighted by Crippen LogP contribution is 2.10. The first-order valence-corrected chi connectivity index (χ1v) is 5.27. The van der Waals surface area contributed by atoms with Crippen molar-refractivity contribution in [3.8, 4) is 0 Å². The zero-order valence-electron chi connectivity index (χ0n) is 9.45. The SMILES string of the molecule is CCC(CC)C(=O)Nc1nccc(C)n1. The van der Waals surface area contributed by atoms with Gasteiger partial charge in [-0.1, -0.05) is 13.8 Å². The van der Waals surface area contributed by atoms with E-state index in [9.17, 15) is 4.79 Å². The van der Waals surface area contributed by atoms with Gasteiger partial charge in [-0.15, -0.1) is 0 Å². The van der Waals surface area contributed by atoms with Crippen LogP contribution in [0.4, 0.5) is 5.95 Å². The lowest BCUT2D eigenvalue weighted by Crippen LogP contribution is -2.22. The second-order valence-corrected chi connectivity index (χ2v) is 3.52. The molecule has 0 aliphatic rings. The standard InChI is InChI=1S/C11H17N3O/c1-4-9(5-2)10(15)14-11-12-7-6-8(3)13-11/h6-7,9H,4-5H2,1-3H3,(H,12,13,14,15). The molecule has 0 saturated carbocycles. The number of carbonyl (C=O) groups excluding carboxylic acids is 1. The van der Waals surface area contributed by atoms with E-state index in [1.807, 2.05) is 20.8 Å². The van der Waals surface area contributed by atoms with Crippen molar-refractivity contribution in [3.05, 3.63) is 18.0 Å². The summed E-state index contributed by atoms with van der Waals surface area (Å²) in [7, 11) is 0. The van der Waals surface area contributed by atoms with Gasteiger partial charge in [0.05, 0.1) is 0 Å². The molecular formula is C11H17N3O. The molecule has 0 bridgehead atoms. The molecule has 4 heteroatoms. The molecule has 0 unspecified atom stereocenters. The van der Waals surface area contributed by atoms with E-state index in [1.54, 1.807) is 12.3 Å². The third-order valence-corrected chi connectivity index (χ3v) is 2.39. The van der Waals surface area contributed by atoms with Crippen LogP contribution in [0.2, 0.25) is 0 Å². The predicted octanol–water partition coefficient (Wildman–Crippen LogP) is 2.16. The summed E-state index contributed by atoms with van der Waals surface area (Å²) in [6.45, 7) is 5.88. The van der Waals surface area contributed by atoms with E-state index >= 15 is 0 Å². The highest BCUT2D eigenvalue weighted by molar-refractivity contribution is 5.90. The zero-order chi connectivity index (χ0) is 11.3. The molecule has 0 spiro atoms. The summed E-state index contributed by atoms with van der Waals surface area (Å²) in [5.74, 6) is 0.451. The van der Waals surface area contributed by atoms with Gasteiger partial charge in [0.15, 0.2) is 0 Å². The Morgan fingerprint density at radius 3 is 2.67 bits per heavy atom. The Hall–Kier alpha value is -1.45. The second kappa shape index (κ2) is 5.44. The fourth-order valence-corrected chi connectivity index (χ4v) is 1.38. The van der Waals surface area contributed by atoms with Crippen LogP contribution in [0.1, 0.15) is 32.4 Å². The predicted molar refractivity (Wildman–Crippen MR) is 59.5 cm³/mol. The Morgan fingerprint density at radius 1 is 1.47 bits per heavy atom. The van der Waals surface area contributed by atoms with Crippen LogP contribution in [-0.2, 0) is 4.79 Å². The van der Waals surface area contributed by atoms with Crippen molar-refractivity contribution in [2.75, 3.05) is 5.32 Å². The zero-order valence-corrected chi connectivity index (χ0v) is 9.45. The summed E-state index contributed by atoms with van der Waals surface area (Å²) < 4.78 is 0. The minimum absolute atomic E-state index is 0.00519. The molecule has 1 N–H and O–H groups in total. The molecule has 0 aliphatic carbocycles. The Bertz CT molecular complexity index is 334. The molecule has 0 aromatic carbocycles. The number of amides is 1. The van der Waals surface area contributed by atoms with Crippen molar-refractivity contribution < 1.29 is 4.79 Å². The minimum Gasteiger partial charge on any atom is -0.294 e. The molecule has 1 aromatic rings. The van der Waals surface area contributed by atoms with Gasteiger partial charge in [-0.25, -0.2) is 9.97 Å². The average molecular weight is 207 g/mol. The molecule has 1 heterocycles. The molecule has 0 atom stereocenters. The van der Waals surface area contributed by atoms with Crippen molar-refractivity contribution in [2.24, 2.45) is 5.92 Å². The van der Waals surface area contributed by atoms with E-state index < -0.39 is 0 Å². The largest absolute Gasteiger partial charge is 0.294 e. The Balaban J connectivity index is 2.65. The number of aryl methyl sites for hydroxylation is 1. The highest BCUT2D eigenvalue weighted by Gasteiger charge is 2.14. The van der Waals surface area contributed by atoms with Gasteiger partial charge in [-0.3, -0.25) is 10.1 Å². The summed E-state index contributed by atoms with van der Waals surface area (Å²) in [5, 5.41) is 2.72. The van der Waals surface area contributed by atoms with Gasteiger partial charge in [-0.05, 0) is 25.8 Å². The van der Waals surface area contributed by atoms with Crippen molar-refractivity contribution in [1.82, 2.24) is 9.97 Å². The van der Waals surface area contributed by atoms with E-state index in [-0.39, 0.29) is 11.8 Å². The molecule has 1 amide bonds. The first-order valence-electron chi connectivity index (χ1n) is 5.27. The number of nitrogens with one attached hydrogen (secondary N) is 1. The number of hydrogen-bond acceptors (Lipinski definition) is 3. The van der Waals surface area contributed by atoms with Crippen molar-refractivity contribution in [3.63, 3.8) is 0 Å². The quantitative estimate of drug-likeness (QED) is 0.823. The van der Waals surface area contributed by atoms with Crippen LogP contribution in [0.15, 0.2) is 12.3 Å². The normalized spacial score (nSPS) is 10.4. The monoisotopic (exact) mass is 207 g/mol. The summed E-state index contributed by atoms with van der Waals surface area (Å²) >= 11 is 0. The van der Waals surface area contributed by atoms with Crippen molar-refractivity contribution >= 4 is 11.9 Å². The molecule has 1 rings (SSSR count). The van der Waals surface area contributed by atoms with E-state index in [0.29, 0.717) is 5.95 Å². The molecule has 0 fully saturated rings. The fraction of sp³-hybridized carbons (Fsp3) is 0.545. The van der Waals surface area contributed by atoms with Gasteiger partial charge in [0.2, 0.25) is 11.9 Å². The summed E-state index contributed by atoms with van der Waals surface area (Å²) in [6, 6.07) is 1.80. The molecule has 15 heavy (non-hydrogen) atoms. The molecular weight excluding hydrogens is 190 g/mol.